The highest BCUT2D eigenvalue weighted by molar-refractivity contribution is 7.18. The van der Waals surface area contributed by atoms with Gasteiger partial charge in [0.2, 0.25) is 0 Å². The fourth-order valence-electron chi connectivity index (χ4n) is 2.13. The topological polar surface area (TPSA) is 47.0 Å². The van der Waals surface area contributed by atoms with Crippen molar-refractivity contribution in [1.29, 1.82) is 0 Å². The third-order valence-corrected chi connectivity index (χ3v) is 3.93. The number of aromatic nitrogens is 2. The first kappa shape index (κ1) is 10.9. The van der Waals surface area contributed by atoms with Crippen LogP contribution in [0.4, 0.5) is 5.82 Å². The fraction of sp³-hybridized carbons (Fsp3) is 0.500. The maximum Gasteiger partial charge on any atom is 0.138 e. The SMILES string of the molecule is Cc1cc2c(NC[C@@H]3CCCO3)ncnc2s1. The molecule has 1 saturated heterocycles. The predicted molar refractivity (Wildman–Crippen MR) is 69.6 cm³/mol. The average Bonchev–Trinajstić information content (AvgIpc) is 2.93. The van der Waals surface area contributed by atoms with Crippen molar-refractivity contribution < 1.29 is 4.74 Å². The molecule has 5 heteroatoms. The summed E-state index contributed by atoms with van der Waals surface area (Å²) in [6.07, 6.45) is 4.27. The lowest BCUT2D eigenvalue weighted by Gasteiger charge is -2.11. The van der Waals surface area contributed by atoms with Gasteiger partial charge in [-0.05, 0) is 25.8 Å². The molecule has 0 bridgehead atoms. The van der Waals surface area contributed by atoms with E-state index in [0.717, 1.165) is 35.6 Å². The van der Waals surface area contributed by atoms with Crippen molar-refractivity contribution in [2.45, 2.75) is 25.9 Å². The Morgan fingerprint density at radius 2 is 2.47 bits per heavy atom. The number of anilines is 1. The maximum absolute atomic E-state index is 5.59. The lowest BCUT2D eigenvalue weighted by Crippen LogP contribution is -2.19. The van der Waals surface area contributed by atoms with Crippen LogP contribution in [0.15, 0.2) is 12.4 Å². The number of ether oxygens (including phenoxy) is 1. The van der Waals surface area contributed by atoms with Gasteiger partial charge in [-0.2, -0.15) is 0 Å². The molecule has 0 aliphatic carbocycles. The molecule has 2 aromatic heterocycles. The minimum absolute atomic E-state index is 0.333. The first-order chi connectivity index (χ1) is 8.33. The molecule has 1 aliphatic rings. The second-order valence-corrected chi connectivity index (χ2v) is 5.55. The number of nitrogens with one attached hydrogen (secondary N) is 1. The normalized spacial score (nSPS) is 19.9. The van der Waals surface area contributed by atoms with E-state index in [-0.39, 0.29) is 0 Å². The zero-order valence-electron chi connectivity index (χ0n) is 9.77. The van der Waals surface area contributed by atoms with Gasteiger partial charge in [0.15, 0.2) is 0 Å². The van der Waals surface area contributed by atoms with Gasteiger partial charge in [0.1, 0.15) is 17.0 Å². The highest BCUT2D eigenvalue weighted by Crippen LogP contribution is 2.27. The Bertz CT molecular complexity index is 519. The lowest BCUT2D eigenvalue weighted by atomic mass is 10.2. The van der Waals surface area contributed by atoms with Gasteiger partial charge in [-0.15, -0.1) is 11.3 Å². The van der Waals surface area contributed by atoms with Crippen LogP contribution in [0.25, 0.3) is 10.2 Å². The molecular formula is C12H15N3OS. The van der Waals surface area contributed by atoms with Gasteiger partial charge in [-0.3, -0.25) is 0 Å². The molecule has 0 unspecified atom stereocenters. The molecule has 1 aliphatic heterocycles. The molecule has 0 spiro atoms. The molecule has 0 saturated carbocycles. The molecule has 2 aromatic rings. The summed E-state index contributed by atoms with van der Waals surface area (Å²) in [5.74, 6) is 0.926. The summed E-state index contributed by atoms with van der Waals surface area (Å²) >= 11 is 1.70. The Balaban J connectivity index is 1.79. The maximum atomic E-state index is 5.59. The highest BCUT2D eigenvalue weighted by atomic mass is 32.1. The van der Waals surface area contributed by atoms with E-state index in [9.17, 15) is 0 Å². The van der Waals surface area contributed by atoms with E-state index < -0.39 is 0 Å². The van der Waals surface area contributed by atoms with Crippen molar-refractivity contribution in [3.05, 3.63) is 17.3 Å². The Kier molecular flexibility index (Phi) is 2.94. The number of aryl methyl sites for hydroxylation is 1. The summed E-state index contributed by atoms with van der Waals surface area (Å²) in [5, 5.41) is 4.49. The molecule has 4 nitrogen and oxygen atoms in total. The third-order valence-electron chi connectivity index (χ3n) is 2.97. The van der Waals surface area contributed by atoms with Crippen LogP contribution in [-0.4, -0.2) is 29.2 Å². The molecule has 0 aromatic carbocycles. The molecule has 90 valence electrons. The van der Waals surface area contributed by atoms with Crippen LogP contribution >= 0.6 is 11.3 Å². The molecule has 1 N–H and O–H groups in total. The Morgan fingerprint density at radius 1 is 1.53 bits per heavy atom. The van der Waals surface area contributed by atoms with Crippen molar-refractivity contribution in [3.8, 4) is 0 Å². The summed E-state index contributed by atoms with van der Waals surface area (Å²) in [6, 6.07) is 2.14. The fourth-order valence-corrected chi connectivity index (χ4v) is 2.98. The van der Waals surface area contributed by atoms with Gasteiger partial charge in [0.05, 0.1) is 11.5 Å². The van der Waals surface area contributed by atoms with E-state index in [1.807, 2.05) is 0 Å². The quantitative estimate of drug-likeness (QED) is 0.908. The van der Waals surface area contributed by atoms with Crippen LogP contribution < -0.4 is 5.32 Å². The van der Waals surface area contributed by atoms with Crippen molar-refractivity contribution in [2.75, 3.05) is 18.5 Å². The third kappa shape index (κ3) is 2.25. The molecule has 0 amide bonds. The minimum atomic E-state index is 0.333. The van der Waals surface area contributed by atoms with E-state index >= 15 is 0 Å². The second-order valence-electron chi connectivity index (χ2n) is 4.31. The number of hydrogen-bond donors (Lipinski definition) is 1. The highest BCUT2D eigenvalue weighted by Gasteiger charge is 2.16. The summed E-state index contributed by atoms with van der Waals surface area (Å²) < 4.78 is 5.59. The molecule has 3 rings (SSSR count). The Morgan fingerprint density at radius 3 is 3.29 bits per heavy atom. The summed E-state index contributed by atoms with van der Waals surface area (Å²) in [7, 11) is 0. The van der Waals surface area contributed by atoms with Crippen LogP contribution in [0.5, 0.6) is 0 Å². The van der Waals surface area contributed by atoms with Crippen LogP contribution in [0, 0.1) is 6.92 Å². The van der Waals surface area contributed by atoms with Crippen molar-refractivity contribution in [1.82, 2.24) is 9.97 Å². The first-order valence-corrected chi connectivity index (χ1v) is 6.71. The Hall–Kier alpha value is -1.20. The monoisotopic (exact) mass is 249 g/mol. The zero-order chi connectivity index (χ0) is 11.7. The van der Waals surface area contributed by atoms with Crippen molar-refractivity contribution in [3.63, 3.8) is 0 Å². The van der Waals surface area contributed by atoms with Gasteiger partial charge in [-0.1, -0.05) is 0 Å². The number of thiophene rings is 1. The Labute approximate surface area is 104 Å². The molecule has 0 radical (unpaired) electrons. The summed E-state index contributed by atoms with van der Waals surface area (Å²) in [5.41, 5.74) is 0. The van der Waals surface area contributed by atoms with Crippen LogP contribution in [0.1, 0.15) is 17.7 Å². The number of fused-ring (bicyclic) bond motifs is 1. The summed E-state index contributed by atoms with van der Waals surface area (Å²) in [4.78, 5) is 10.9. The van der Waals surface area contributed by atoms with Gasteiger partial charge in [0, 0.05) is 18.0 Å². The zero-order valence-corrected chi connectivity index (χ0v) is 10.6. The lowest BCUT2D eigenvalue weighted by molar-refractivity contribution is 0.120. The average molecular weight is 249 g/mol. The predicted octanol–water partition coefficient (Wildman–Crippen LogP) is 2.59. The largest absolute Gasteiger partial charge is 0.376 e. The molecular weight excluding hydrogens is 234 g/mol. The molecule has 17 heavy (non-hydrogen) atoms. The van der Waals surface area contributed by atoms with Crippen molar-refractivity contribution in [2.24, 2.45) is 0 Å². The standard InChI is InChI=1S/C12H15N3OS/c1-8-5-10-11(14-7-15-12(10)17-8)13-6-9-3-2-4-16-9/h5,7,9H,2-4,6H2,1H3,(H,13,14,15)/t9-/m0/s1. The van der Waals surface area contributed by atoms with Gasteiger partial charge < -0.3 is 10.1 Å². The van der Waals surface area contributed by atoms with E-state index in [0.29, 0.717) is 6.10 Å². The summed E-state index contributed by atoms with van der Waals surface area (Å²) in [6.45, 7) is 3.82. The molecule has 1 fully saturated rings. The van der Waals surface area contributed by atoms with Crippen LogP contribution in [0.3, 0.4) is 0 Å². The number of rotatable bonds is 3. The van der Waals surface area contributed by atoms with E-state index in [1.165, 1.54) is 11.3 Å². The van der Waals surface area contributed by atoms with E-state index in [2.05, 4.69) is 28.3 Å². The van der Waals surface area contributed by atoms with Crippen LogP contribution in [-0.2, 0) is 4.74 Å². The molecule has 1 atom stereocenters. The van der Waals surface area contributed by atoms with E-state index in [1.54, 1.807) is 17.7 Å². The van der Waals surface area contributed by atoms with Gasteiger partial charge in [0.25, 0.3) is 0 Å². The first-order valence-electron chi connectivity index (χ1n) is 5.89. The van der Waals surface area contributed by atoms with Crippen LogP contribution in [0.2, 0.25) is 0 Å². The van der Waals surface area contributed by atoms with Crippen molar-refractivity contribution >= 4 is 27.4 Å². The second kappa shape index (κ2) is 4.58. The molecule has 3 heterocycles. The minimum Gasteiger partial charge on any atom is -0.376 e. The van der Waals surface area contributed by atoms with E-state index in [4.69, 9.17) is 4.74 Å². The number of nitrogens with zero attached hydrogens (tertiary/aromatic N) is 2. The van der Waals surface area contributed by atoms with Gasteiger partial charge >= 0.3 is 0 Å². The smallest absolute Gasteiger partial charge is 0.138 e. The number of hydrogen-bond acceptors (Lipinski definition) is 5. The van der Waals surface area contributed by atoms with Gasteiger partial charge in [-0.25, -0.2) is 9.97 Å².